The van der Waals surface area contributed by atoms with Crippen molar-refractivity contribution in [1.29, 1.82) is 0 Å². The van der Waals surface area contributed by atoms with Gasteiger partial charge >= 0.3 is 0 Å². The Bertz CT molecular complexity index is 394. The summed E-state index contributed by atoms with van der Waals surface area (Å²) in [4.78, 5) is 14.2. The van der Waals surface area contributed by atoms with Gasteiger partial charge in [-0.3, -0.25) is 4.79 Å². The molecule has 6 heteroatoms. The van der Waals surface area contributed by atoms with Gasteiger partial charge in [-0.25, -0.2) is 0 Å². The normalized spacial score (nSPS) is 22.8. The van der Waals surface area contributed by atoms with Gasteiger partial charge in [-0.15, -0.1) is 0 Å². The molecule has 6 nitrogen and oxygen atoms in total. The lowest BCUT2D eigenvalue weighted by atomic mass is 9.86. The molecule has 1 aliphatic heterocycles. The second kappa shape index (κ2) is 7.94. The zero-order chi connectivity index (χ0) is 16.9. The van der Waals surface area contributed by atoms with Gasteiger partial charge in [-0.2, -0.15) is 0 Å². The summed E-state index contributed by atoms with van der Waals surface area (Å²) in [5.74, 6) is 0.0368. The van der Waals surface area contributed by atoms with E-state index < -0.39 is 17.6 Å². The molecule has 1 aliphatic rings. The van der Waals surface area contributed by atoms with E-state index in [0.29, 0.717) is 18.7 Å². The highest BCUT2D eigenvalue weighted by molar-refractivity contribution is 5.82. The summed E-state index contributed by atoms with van der Waals surface area (Å²) in [6.45, 7) is 12.0. The molecule has 1 heterocycles. The molecule has 0 bridgehead atoms. The first kappa shape index (κ1) is 18.9. The molecule has 2 unspecified atom stereocenters. The lowest BCUT2D eigenvalue weighted by molar-refractivity contribution is -0.181. The van der Waals surface area contributed by atoms with Crippen molar-refractivity contribution in [3.63, 3.8) is 0 Å². The minimum Gasteiger partial charge on any atom is -0.473 e. The fourth-order valence-electron chi connectivity index (χ4n) is 2.44. The number of likely N-dealkylation sites (tertiary alicyclic amines) is 1. The van der Waals surface area contributed by atoms with Gasteiger partial charge in [0.05, 0.1) is 17.8 Å². The predicted octanol–water partition coefficient (Wildman–Crippen LogP) is 1.47. The van der Waals surface area contributed by atoms with Crippen LogP contribution in [0.25, 0.3) is 0 Å². The largest absolute Gasteiger partial charge is 0.473 e. The van der Waals surface area contributed by atoms with Crippen molar-refractivity contribution in [3.05, 3.63) is 12.3 Å². The quantitative estimate of drug-likeness (QED) is 0.549. The Labute approximate surface area is 132 Å². The summed E-state index contributed by atoms with van der Waals surface area (Å²) in [5.41, 5.74) is -0.443. The number of aliphatic hydroxyl groups is 2. The summed E-state index contributed by atoms with van der Waals surface area (Å²) in [6.07, 6.45) is -0.600. The van der Waals surface area contributed by atoms with Gasteiger partial charge in [0.1, 0.15) is 0 Å². The third kappa shape index (κ3) is 4.97. The van der Waals surface area contributed by atoms with E-state index in [1.54, 1.807) is 11.8 Å². The van der Waals surface area contributed by atoms with Crippen molar-refractivity contribution in [2.75, 3.05) is 19.9 Å². The van der Waals surface area contributed by atoms with Crippen molar-refractivity contribution >= 4 is 5.91 Å². The number of aliphatic hydroxyl groups excluding tert-OH is 1. The second-order valence-corrected chi connectivity index (χ2v) is 6.52. The first-order valence-electron chi connectivity index (χ1n) is 7.74. The number of nitrogens with zero attached hydrogens (tertiary/aromatic N) is 1. The van der Waals surface area contributed by atoms with Crippen LogP contribution < -0.4 is 0 Å². The second-order valence-electron chi connectivity index (χ2n) is 6.52. The van der Waals surface area contributed by atoms with Gasteiger partial charge in [0, 0.05) is 18.5 Å². The van der Waals surface area contributed by atoms with Crippen molar-refractivity contribution in [2.24, 2.45) is 11.3 Å². The molecule has 0 saturated carbocycles. The Morgan fingerprint density at radius 3 is 2.59 bits per heavy atom. The Balaban J connectivity index is 2.67. The van der Waals surface area contributed by atoms with E-state index in [9.17, 15) is 15.0 Å². The fraction of sp³-hybridized carbons (Fsp3) is 0.812. The van der Waals surface area contributed by atoms with Gasteiger partial charge in [-0.1, -0.05) is 27.4 Å². The van der Waals surface area contributed by atoms with Crippen LogP contribution >= 0.6 is 0 Å². The summed E-state index contributed by atoms with van der Waals surface area (Å²) in [5, 5.41) is 19.2. The first-order valence-corrected chi connectivity index (χ1v) is 7.74. The molecule has 1 fully saturated rings. The summed E-state index contributed by atoms with van der Waals surface area (Å²) in [7, 11) is 0. The Morgan fingerprint density at radius 2 is 2.09 bits per heavy atom. The van der Waals surface area contributed by atoms with Crippen LogP contribution in [0.4, 0.5) is 0 Å². The average molecular weight is 315 g/mol. The lowest BCUT2D eigenvalue weighted by Crippen LogP contribution is -2.53. The molecule has 0 aromatic carbocycles. The van der Waals surface area contributed by atoms with Gasteiger partial charge in [0.25, 0.3) is 0 Å². The van der Waals surface area contributed by atoms with Crippen LogP contribution in [0.1, 0.15) is 40.5 Å². The van der Waals surface area contributed by atoms with E-state index in [1.165, 1.54) is 0 Å². The first-order chi connectivity index (χ1) is 10.2. The standard InChI is InChI=1S/C16H29NO5/c1-6-16(4,5)15(20)17-8-7-13(12(9-17)14(18)19)22-10-21-11(2)3/h12-14,18-19H,2,6-10H2,1,3-5H3. The van der Waals surface area contributed by atoms with Gasteiger partial charge in [0.2, 0.25) is 5.91 Å². The number of hydrogen-bond acceptors (Lipinski definition) is 5. The zero-order valence-corrected chi connectivity index (χ0v) is 14.0. The summed E-state index contributed by atoms with van der Waals surface area (Å²) >= 11 is 0. The molecule has 1 rings (SSSR count). The van der Waals surface area contributed by atoms with Crippen molar-refractivity contribution in [2.45, 2.75) is 52.9 Å². The molecule has 0 aromatic heterocycles. The van der Waals surface area contributed by atoms with E-state index in [-0.39, 0.29) is 25.3 Å². The van der Waals surface area contributed by atoms with Crippen molar-refractivity contribution in [1.82, 2.24) is 4.90 Å². The minimum atomic E-state index is -1.53. The topological polar surface area (TPSA) is 79.2 Å². The molecule has 0 radical (unpaired) electrons. The van der Waals surface area contributed by atoms with Crippen LogP contribution in [0.2, 0.25) is 0 Å². The van der Waals surface area contributed by atoms with E-state index >= 15 is 0 Å². The average Bonchev–Trinajstić information content (AvgIpc) is 2.46. The summed E-state index contributed by atoms with van der Waals surface area (Å²) < 4.78 is 10.7. The molecule has 0 spiro atoms. The number of hydrogen-bond donors (Lipinski definition) is 2. The number of ether oxygens (including phenoxy) is 2. The number of carbonyl (C=O) groups is 1. The van der Waals surface area contributed by atoms with Gasteiger partial charge < -0.3 is 24.6 Å². The van der Waals surface area contributed by atoms with Crippen LogP contribution in [-0.2, 0) is 14.3 Å². The maximum absolute atomic E-state index is 12.5. The monoisotopic (exact) mass is 315 g/mol. The third-order valence-corrected chi connectivity index (χ3v) is 4.31. The molecule has 1 amide bonds. The number of rotatable bonds is 7. The van der Waals surface area contributed by atoms with Crippen LogP contribution in [0, 0.1) is 11.3 Å². The van der Waals surface area contributed by atoms with Crippen molar-refractivity contribution < 1.29 is 24.5 Å². The molecule has 0 aromatic rings. The van der Waals surface area contributed by atoms with Crippen LogP contribution in [0.5, 0.6) is 0 Å². The number of piperidine rings is 1. The van der Waals surface area contributed by atoms with Crippen molar-refractivity contribution in [3.8, 4) is 0 Å². The minimum absolute atomic E-state index is 0.0254. The van der Waals surface area contributed by atoms with E-state index in [0.717, 1.165) is 6.42 Å². The lowest BCUT2D eigenvalue weighted by Gasteiger charge is -2.41. The highest BCUT2D eigenvalue weighted by atomic mass is 16.7. The molecule has 1 saturated heterocycles. The third-order valence-electron chi connectivity index (χ3n) is 4.31. The fourth-order valence-corrected chi connectivity index (χ4v) is 2.44. The van der Waals surface area contributed by atoms with Crippen LogP contribution in [-0.4, -0.2) is 53.3 Å². The van der Waals surface area contributed by atoms with E-state index in [2.05, 4.69) is 6.58 Å². The number of carbonyl (C=O) groups excluding carboxylic acids is 1. The highest BCUT2D eigenvalue weighted by Gasteiger charge is 2.39. The molecule has 2 N–H and O–H groups in total. The van der Waals surface area contributed by atoms with Gasteiger partial charge in [-0.05, 0) is 19.8 Å². The number of amides is 1. The zero-order valence-electron chi connectivity index (χ0n) is 14.0. The number of allylic oxidation sites excluding steroid dienone is 1. The maximum atomic E-state index is 12.5. The SMILES string of the molecule is C=C(C)OCOC1CCN(C(=O)C(C)(C)CC)CC1C(O)O. The molecular weight excluding hydrogens is 286 g/mol. The Morgan fingerprint density at radius 1 is 1.45 bits per heavy atom. The highest BCUT2D eigenvalue weighted by Crippen LogP contribution is 2.29. The van der Waals surface area contributed by atoms with Crippen LogP contribution in [0.3, 0.4) is 0 Å². The molecular formula is C16H29NO5. The van der Waals surface area contributed by atoms with Gasteiger partial charge in [0.15, 0.2) is 13.1 Å². The van der Waals surface area contributed by atoms with Crippen LogP contribution in [0.15, 0.2) is 12.3 Å². The smallest absolute Gasteiger partial charge is 0.228 e. The molecule has 0 aliphatic carbocycles. The summed E-state index contributed by atoms with van der Waals surface area (Å²) in [6, 6.07) is 0. The molecule has 22 heavy (non-hydrogen) atoms. The Kier molecular flexibility index (Phi) is 6.84. The maximum Gasteiger partial charge on any atom is 0.228 e. The predicted molar refractivity (Wildman–Crippen MR) is 82.6 cm³/mol. The molecule has 128 valence electrons. The molecule has 2 atom stereocenters. The Hall–Kier alpha value is -1.11. The van der Waals surface area contributed by atoms with E-state index in [4.69, 9.17) is 9.47 Å². The van der Waals surface area contributed by atoms with E-state index in [1.807, 2.05) is 20.8 Å².